The lowest BCUT2D eigenvalue weighted by Gasteiger charge is -2.29. The Hall–Kier alpha value is -2.78. The van der Waals surface area contributed by atoms with Crippen molar-refractivity contribution in [3.05, 3.63) is 54.1 Å². The van der Waals surface area contributed by atoms with E-state index in [2.05, 4.69) is 10.2 Å². The van der Waals surface area contributed by atoms with E-state index in [1.807, 2.05) is 31.2 Å². The highest BCUT2D eigenvalue weighted by Gasteiger charge is 2.29. The zero-order valence-electron chi connectivity index (χ0n) is 18.8. The number of anilines is 2. The molecule has 174 valence electrons. The molecule has 2 aromatic carbocycles. The average Bonchev–Trinajstić information content (AvgIpc) is 2.79. The zero-order chi connectivity index (χ0) is 23.1. The molecule has 0 saturated carbocycles. The number of ether oxygens (including phenoxy) is 2. The molecule has 1 aliphatic heterocycles. The number of hydrogen-bond acceptors (Lipinski definition) is 6. The average molecular weight is 462 g/mol. The summed E-state index contributed by atoms with van der Waals surface area (Å²) in [5.74, 6) is 0.267. The van der Waals surface area contributed by atoms with Crippen LogP contribution in [0.2, 0.25) is 0 Å². The minimum absolute atomic E-state index is 0.313. The van der Waals surface area contributed by atoms with Crippen molar-refractivity contribution in [3.63, 3.8) is 0 Å². The van der Waals surface area contributed by atoms with Crippen molar-refractivity contribution in [2.75, 3.05) is 48.4 Å². The SMILES string of the molecule is CCOc1ccc(N([C@@H](C)C(=O)NCc2ccc(N3CCOCC3)cc2)S(C)(=O)=O)cc1. The highest BCUT2D eigenvalue weighted by molar-refractivity contribution is 7.92. The van der Waals surface area contributed by atoms with Gasteiger partial charge in [0, 0.05) is 25.3 Å². The van der Waals surface area contributed by atoms with Crippen LogP contribution in [0.25, 0.3) is 0 Å². The number of rotatable bonds is 9. The Morgan fingerprint density at radius 2 is 1.75 bits per heavy atom. The first kappa shape index (κ1) is 23.9. The Balaban J connectivity index is 1.64. The van der Waals surface area contributed by atoms with Gasteiger partial charge in [0.1, 0.15) is 11.8 Å². The highest BCUT2D eigenvalue weighted by atomic mass is 32.2. The monoisotopic (exact) mass is 461 g/mol. The molecule has 2 aromatic rings. The molecule has 0 aliphatic carbocycles. The van der Waals surface area contributed by atoms with Gasteiger partial charge in [0.15, 0.2) is 0 Å². The molecule has 1 amide bonds. The predicted octanol–water partition coefficient (Wildman–Crippen LogP) is 2.39. The number of benzene rings is 2. The zero-order valence-corrected chi connectivity index (χ0v) is 19.6. The molecule has 1 aliphatic rings. The number of carbonyl (C=O) groups excluding carboxylic acids is 1. The van der Waals surface area contributed by atoms with E-state index in [0.717, 1.165) is 48.1 Å². The van der Waals surface area contributed by atoms with E-state index in [9.17, 15) is 13.2 Å². The number of carbonyl (C=O) groups is 1. The van der Waals surface area contributed by atoms with E-state index in [1.54, 1.807) is 31.2 Å². The second kappa shape index (κ2) is 10.7. The Kier molecular flexibility index (Phi) is 7.98. The van der Waals surface area contributed by atoms with E-state index in [4.69, 9.17) is 9.47 Å². The third-order valence-electron chi connectivity index (χ3n) is 5.27. The van der Waals surface area contributed by atoms with Gasteiger partial charge in [-0.25, -0.2) is 8.42 Å². The maximum absolute atomic E-state index is 12.8. The van der Waals surface area contributed by atoms with Gasteiger partial charge in [0.25, 0.3) is 0 Å². The van der Waals surface area contributed by atoms with Crippen LogP contribution in [-0.2, 0) is 26.1 Å². The van der Waals surface area contributed by atoms with Crippen molar-refractivity contribution < 1.29 is 22.7 Å². The third-order valence-corrected chi connectivity index (χ3v) is 6.51. The van der Waals surface area contributed by atoms with Crippen LogP contribution in [0.15, 0.2) is 48.5 Å². The van der Waals surface area contributed by atoms with Crippen LogP contribution in [0.5, 0.6) is 5.75 Å². The van der Waals surface area contributed by atoms with Crippen LogP contribution in [0.1, 0.15) is 19.4 Å². The summed E-state index contributed by atoms with van der Waals surface area (Å²) in [7, 11) is -3.67. The summed E-state index contributed by atoms with van der Waals surface area (Å²) < 4.78 is 36.8. The first-order chi connectivity index (χ1) is 15.3. The number of nitrogens with zero attached hydrogens (tertiary/aromatic N) is 2. The molecule has 32 heavy (non-hydrogen) atoms. The maximum Gasteiger partial charge on any atom is 0.243 e. The Labute approximate surface area is 190 Å². The van der Waals surface area contributed by atoms with E-state index < -0.39 is 16.1 Å². The standard InChI is InChI=1S/C23H31N3O5S/c1-4-31-22-11-9-21(10-12-22)26(32(3,28)29)18(2)23(27)24-17-19-5-7-20(8-6-19)25-13-15-30-16-14-25/h5-12,18H,4,13-17H2,1-3H3,(H,24,27)/t18-/m0/s1. The van der Waals surface area contributed by atoms with Gasteiger partial charge in [-0.3, -0.25) is 9.10 Å². The Morgan fingerprint density at radius 3 is 2.31 bits per heavy atom. The summed E-state index contributed by atoms with van der Waals surface area (Å²) in [5, 5.41) is 2.85. The Morgan fingerprint density at radius 1 is 1.12 bits per heavy atom. The van der Waals surface area contributed by atoms with Gasteiger partial charge >= 0.3 is 0 Å². The summed E-state index contributed by atoms with van der Waals surface area (Å²) in [6.45, 7) is 7.45. The molecule has 1 saturated heterocycles. The smallest absolute Gasteiger partial charge is 0.243 e. The highest BCUT2D eigenvalue weighted by Crippen LogP contribution is 2.24. The van der Waals surface area contributed by atoms with Gasteiger partial charge < -0.3 is 19.7 Å². The van der Waals surface area contributed by atoms with E-state index in [0.29, 0.717) is 24.6 Å². The van der Waals surface area contributed by atoms with Gasteiger partial charge in [-0.2, -0.15) is 0 Å². The minimum Gasteiger partial charge on any atom is -0.494 e. The summed E-state index contributed by atoms with van der Waals surface area (Å²) in [6.07, 6.45) is 1.09. The first-order valence-electron chi connectivity index (χ1n) is 10.7. The molecule has 1 N–H and O–H groups in total. The van der Waals surface area contributed by atoms with Gasteiger partial charge in [-0.15, -0.1) is 0 Å². The fourth-order valence-corrected chi connectivity index (χ4v) is 4.82. The fourth-order valence-electron chi connectivity index (χ4n) is 3.65. The lowest BCUT2D eigenvalue weighted by molar-refractivity contribution is -0.122. The van der Waals surface area contributed by atoms with Crippen LogP contribution < -0.4 is 19.3 Å². The molecule has 0 unspecified atom stereocenters. The molecule has 0 spiro atoms. The van der Waals surface area contributed by atoms with Crippen molar-refractivity contribution in [1.29, 1.82) is 0 Å². The van der Waals surface area contributed by atoms with E-state index in [1.165, 1.54) is 0 Å². The molecule has 1 atom stereocenters. The van der Waals surface area contributed by atoms with Crippen molar-refractivity contribution in [2.24, 2.45) is 0 Å². The molecule has 3 rings (SSSR count). The lowest BCUT2D eigenvalue weighted by Crippen LogP contribution is -2.47. The molecular formula is C23H31N3O5S. The summed E-state index contributed by atoms with van der Waals surface area (Å²) in [4.78, 5) is 15.1. The second-order valence-electron chi connectivity index (χ2n) is 7.65. The number of nitrogens with one attached hydrogen (secondary N) is 1. The number of morpholine rings is 1. The number of sulfonamides is 1. The third kappa shape index (κ3) is 6.14. The quantitative estimate of drug-likeness (QED) is 0.617. The number of amides is 1. The number of hydrogen-bond donors (Lipinski definition) is 1. The van der Waals surface area contributed by atoms with E-state index in [-0.39, 0.29) is 5.91 Å². The van der Waals surface area contributed by atoms with E-state index >= 15 is 0 Å². The second-order valence-corrected chi connectivity index (χ2v) is 9.50. The lowest BCUT2D eigenvalue weighted by atomic mass is 10.1. The predicted molar refractivity (Wildman–Crippen MR) is 126 cm³/mol. The summed E-state index contributed by atoms with van der Waals surface area (Å²) in [6, 6.07) is 13.7. The van der Waals surface area contributed by atoms with Crippen molar-refractivity contribution in [3.8, 4) is 5.75 Å². The molecule has 9 heteroatoms. The van der Waals surface area contributed by atoms with Crippen molar-refractivity contribution >= 4 is 27.3 Å². The van der Waals surface area contributed by atoms with Crippen LogP contribution in [-0.4, -0.2) is 59.5 Å². The molecular weight excluding hydrogens is 430 g/mol. The molecule has 0 bridgehead atoms. The largest absolute Gasteiger partial charge is 0.494 e. The normalized spacial score (nSPS) is 15.2. The summed E-state index contributed by atoms with van der Waals surface area (Å²) >= 11 is 0. The summed E-state index contributed by atoms with van der Waals surface area (Å²) in [5.41, 5.74) is 2.47. The Bertz CT molecular complexity index is 987. The van der Waals surface area contributed by atoms with Crippen LogP contribution >= 0.6 is 0 Å². The minimum atomic E-state index is -3.67. The van der Waals surface area contributed by atoms with Crippen molar-refractivity contribution in [2.45, 2.75) is 26.4 Å². The first-order valence-corrected chi connectivity index (χ1v) is 12.6. The molecule has 1 heterocycles. The van der Waals surface area contributed by atoms with Crippen LogP contribution in [0, 0.1) is 0 Å². The maximum atomic E-state index is 12.8. The van der Waals surface area contributed by atoms with Crippen molar-refractivity contribution in [1.82, 2.24) is 5.32 Å². The van der Waals surface area contributed by atoms with Crippen LogP contribution in [0.4, 0.5) is 11.4 Å². The molecule has 8 nitrogen and oxygen atoms in total. The van der Waals surface area contributed by atoms with Gasteiger partial charge in [0.2, 0.25) is 15.9 Å². The fraction of sp³-hybridized carbons (Fsp3) is 0.435. The van der Waals surface area contributed by atoms with Gasteiger partial charge in [-0.1, -0.05) is 12.1 Å². The van der Waals surface area contributed by atoms with Gasteiger partial charge in [0.05, 0.1) is 31.8 Å². The molecule has 0 aromatic heterocycles. The topological polar surface area (TPSA) is 88.2 Å². The van der Waals surface area contributed by atoms with Crippen LogP contribution in [0.3, 0.4) is 0 Å². The molecule has 0 radical (unpaired) electrons. The van der Waals surface area contributed by atoms with Gasteiger partial charge in [-0.05, 0) is 55.8 Å². The molecule has 1 fully saturated rings.